The lowest BCUT2D eigenvalue weighted by Gasteiger charge is -2.26. The van der Waals surface area contributed by atoms with E-state index in [-0.39, 0.29) is 29.7 Å². The van der Waals surface area contributed by atoms with Crippen molar-refractivity contribution in [2.75, 3.05) is 13.1 Å². The fourth-order valence-electron chi connectivity index (χ4n) is 3.90. The molecule has 0 spiro atoms. The minimum atomic E-state index is -0.348. The van der Waals surface area contributed by atoms with Gasteiger partial charge in [-0.05, 0) is 56.0 Å². The number of aromatic nitrogens is 4. The number of hydrogen-bond acceptors (Lipinski definition) is 7. The fourth-order valence-corrected chi connectivity index (χ4v) is 4.96. The summed E-state index contributed by atoms with van der Waals surface area (Å²) in [6.07, 6.45) is 4.54. The van der Waals surface area contributed by atoms with E-state index in [4.69, 9.17) is 4.52 Å². The zero-order valence-corrected chi connectivity index (χ0v) is 18.2. The minimum Gasteiger partial charge on any atom is -0.341 e. The second kappa shape index (κ2) is 8.27. The van der Waals surface area contributed by atoms with Gasteiger partial charge in [-0.1, -0.05) is 5.16 Å². The van der Waals surface area contributed by atoms with Crippen molar-refractivity contribution >= 4 is 27.5 Å². The molecule has 0 N–H and O–H groups in total. The maximum absolute atomic E-state index is 13.2. The van der Waals surface area contributed by atoms with Crippen molar-refractivity contribution in [3.8, 4) is 22.2 Å². The average molecular weight is 453 g/mol. The predicted molar refractivity (Wildman–Crippen MR) is 118 cm³/mol. The number of halogens is 1. The number of aryl methyl sites for hydroxylation is 1. The van der Waals surface area contributed by atoms with Crippen LogP contribution in [-0.2, 0) is 11.3 Å². The van der Waals surface area contributed by atoms with Crippen molar-refractivity contribution in [2.45, 2.75) is 32.7 Å². The van der Waals surface area contributed by atoms with E-state index < -0.39 is 0 Å². The summed E-state index contributed by atoms with van der Waals surface area (Å²) < 4.78 is 20.0. The first-order chi connectivity index (χ1) is 15.5. The van der Waals surface area contributed by atoms with Gasteiger partial charge in [0.25, 0.3) is 11.4 Å². The van der Waals surface area contributed by atoms with E-state index in [1.807, 2.05) is 4.90 Å². The number of piperidine rings is 1. The highest BCUT2D eigenvalue weighted by molar-refractivity contribution is 7.22. The normalized spacial score (nSPS) is 14.2. The van der Waals surface area contributed by atoms with Crippen LogP contribution < -0.4 is 5.56 Å². The maximum atomic E-state index is 13.2. The van der Waals surface area contributed by atoms with Gasteiger partial charge in [-0.25, -0.2) is 9.37 Å². The van der Waals surface area contributed by atoms with Gasteiger partial charge in [-0.3, -0.25) is 14.2 Å². The molecule has 8 nitrogen and oxygen atoms in total. The van der Waals surface area contributed by atoms with Crippen molar-refractivity contribution in [1.82, 2.24) is 24.6 Å². The molecule has 32 heavy (non-hydrogen) atoms. The molecule has 0 bridgehead atoms. The number of carbonyl (C=O) groups excluding carboxylic acids is 1. The second-order valence-corrected chi connectivity index (χ2v) is 8.78. The van der Waals surface area contributed by atoms with Gasteiger partial charge >= 0.3 is 0 Å². The molecule has 4 aromatic rings. The van der Waals surface area contributed by atoms with E-state index in [2.05, 4.69) is 15.1 Å². The summed E-state index contributed by atoms with van der Waals surface area (Å²) in [6.45, 7) is 3.24. The highest BCUT2D eigenvalue weighted by Gasteiger charge is 2.22. The van der Waals surface area contributed by atoms with Gasteiger partial charge in [0.2, 0.25) is 11.7 Å². The van der Waals surface area contributed by atoms with Gasteiger partial charge < -0.3 is 9.42 Å². The predicted octanol–water partition coefficient (Wildman–Crippen LogP) is 3.64. The topological polar surface area (TPSA) is 94.1 Å². The number of rotatable bonds is 4. The Balaban J connectivity index is 1.46. The van der Waals surface area contributed by atoms with E-state index >= 15 is 0 Å². The molecule has 0 unspecified atom stereocenters. The molecule has 0 radical (unpaired) electrons. The zero-order valence-electron chi connectivity index (χ0n) is 17.4. The van der Waals surface area contributed by atoms with E-state index in [0.717, 1.165) is 32.4 Å². The van der Waals surface area contributed by atoms with Crippen molar-refractivity contribution < 1.29 is 13.7 Å². The summed E-state index contributed by atoms with van der Waals surface area (Å²) in [5.74, 6) is 0.176. The van der Waals surface area contributed by atoms with Crippen LogP contribution in [0, 0.1) is 12.7 Å². The molecule has 1 aliphatic rings. The lowest BCUT2D eigenvalue weighted by Crippen LogP contribution is -2.39. The first kappa shape index (κ1) is 20.5. The van der Waals surface area contributed by atoms with E-state index in [1.165, 1.54) is 34.4 Å². The average Bonchev–Trinajstić information content (AvgIpc) is 3.42. The third-order valence-corrected chi connectivity index (χ3v) is 6.84. The summed E-state index contributed by atoms with van der Waals surface area (Å²) >= 11 is 1.28. The summed E-state index contributed by atoms with van der Waals surface area (Å²) in [7, 11) is 0. The van der Waals surface area contributed by atoms with Gasteiger partial charge in [0.15, 0.2) is 0 Å². The third kappa shape index (κ3) is 3.70. The number of thiophene rings is 1. The Bertz CT molecular complexity index is 1350. The van der Waals surface area contributed by atoms with Gasteiger partial charge in [-0.15, -0.1) is 11.3 Å². The van der Waals surface area contributed by atoms with Crippen LogP contribution in [0.4, 0.5) is 4.39 Å². The first-order valence-corrected chi connectivity index (χ1v) is 11.2. The van der Waals surface area contributed by atoms with Crippen molar-refractivity contribution in [1.29, 1.82) is 0 Å². The molecule has 1 amide bonds. The Labute approximate surface area is 186 Å². The number of likely N-dealkylation sites (tertiary alicyclic amines) is 1. The van der Waals surface area contributed by atoms with E-state index in [1.54, 1.807) is 19.1 Å². The van der Waals surface area contributed by atoms with Gasteiger partial charge in [0, 0.05) is 18.7 Å². The van der Waals surface area contributed by atoms with Crippen LogP contribution in [0.15, 0.2) is 39.9 Å². The Morgan fingerprint density at radius 3 is 2.69 bits per heavy atom. The molecule has 3 aromatic heterocycles. The van der Waals surface area contributed by atoms with Crippen LogP contribution in [0.2, 0.25) is 0 Å². The summed E-state index contributed by atoms with van der Waals surface area (Å²) in [5.41, 5.74) is 1.03. The number of benzene rings is 1. The molecule has 1 aromatic carbocycles. The van der Waals surface area contributed by atoms with Crippen LogP contribution >= 0.6 is 11.3 Å². The first-order valence-electron chi connectivity index (χ1n) is 10.4. The monoisotopic (exact) mass is 453 g/mol. The number of hydrogen-bond donors (Lipinski definition) is 0. The maximum Gasteiger partial charge on any atom is 0.268 e. The van der Waals surface area contributed by atoms with Crippen LogP contribution in [0.25, 0.3) is 32.4 Å². The van der Waals surface area contributed by atoms with Crippen LogP contribution in [0.5, 0.6) is 0 Å². The van der Waals surface area contributed by atoms with Crippen molar-refractivity contribution in [3.05, 3.63) is 52.3 Å². The molecule has 10 heteroatoms. The SMILES string of the molecule is Cc1c(-c2nc(-c3ccc(F)cc3)no2)sc2ncn(CC(=O)N3CCCCC3)c(=O)c12. The molecule has 0 atom stereocenters. The molecule has 4 heterocycles. The standard InChI is InChI=1S/C22H20FN5O3S/c1-13-17-21(24-12-28(22(17)30)11-16(29)27-9-3-2-4-10-27)32-18(13)20-25-19(26-31-20)14-5-7-15(23)8-6-14/h5-8,12H,2-4,9-11H2,1H3. The summed E-state index contributed by atoms with van der Waals surface area (Å²) in [6, 6.07) is 5.80. The molecule has 1 fully saturated rings. The highest BCUT2D eigenvalue weighted by atomic mass is 32.1. The molecule has 164 valence electrons. The second-order valence-electron chi connectivity index (χ2n) is 7.79. The minimum absolute atomic E-state index is 0.0261. The molecule has 5 rings (SSSR count). The lowest BCUT2D eigenvalue weighted by molar-refractivity contribution is -0.132. The molecular weight excluding hydrogens is 433 g/mol. The zero-order chi connectivity index (χ0) is 22.2. The largest absolute Gasteiger partial charge is 0.341 e. The lowest BCUT2D eigenvalue weighted by atomic mass is 10.1. The fraction of sp³-hybridized carbons (Fsp3) is 0.318. The quantitative estimate of drug-likeness (QED) is 0.468. The van der Waals surface area contributed by atoms with E-state index in [0.29, 0.717) is 32.0 Å². The Hall–Kier alpha value is -3.40. The van der Waals surface area contributed by atoms with Crippen molar-refractivity contribution in [3.63, 3.8) is 0 Å². The van der Waals surface area contributed by atoms with Crippen LogP contribution in [-0.4, -0.2) is 43.6 Å². The molecule has 0 aliphatic carbocycles. The highest BCUT2D eigenvalue weighted by Crippen LogP contribution is 2.35. The number of carbonyl (C=O) groups is 1. The van der Waals surface area contributed by atoms with Gasteiger partial charge in [0.1, 0.15) is 17.2 Å². The smallest absolute Gasteiger partial charge is 0.268 e. The Morgan fingerprint density at radius 2 is 1.94 bits per heavy atom. The molecule has 0 saturated carbocycles. The van der Waals surface area contributed by atoms with Gasteiger partial charge in [0.05, 0.1) is 16.6 Å². The summed E-state index contributed by atoms with van der Waals surface area (Å²) in [5, 5.41) is 4.42. The van der Waals surface area contributed by atoms with Crippen LogP contribution in [0.1, 0.15) is 24.8 Å². The number of fused-ring (bicyclic) bond motifs is 1. The van der Waals surface area contributed by atoms with Crippen molar-refractivity contribution in [2.24, 2.45) is 0 Å². The third-order valence-electron chi connectivity index (χ3n) is 5.65. The molecular formula is C22H20FN5O3S. The summed E-state index contributed by atoms with van der Waals surface area (Å²) in [4.78, 5) is 37.5. The van der Waals surface area contributed by atoms with Crippen LogP contribution in [0.3, 0.4) is 0 Å². The molecule has 1 saturated heterocycles. The Morgan fingerprint density at radius 1 is 1.19 bits per heavy atom. The Kier molecular flexibility index (Phi) is 5.30. The van der Waals surface area contributed by atoms with E-state index in [9.17, 15) is 14.0 Å². The molecule has 1 aliphatic heterocycles. The number of nitrogens with zero attached hydrogens (tertiary/aromatic N) is 5. The number of amides is 1. The van der Waals surface area contributed by atoms with Gasteiger partial charge in [-0.2, -0.15) is 4.98 Å².